The molecule has 0 aliphatic carbocycles. The summed E-state index contributed by atoms with van der Waals surface area (Å²) in [4.78, 5) is 15.1. The zero-order valence-electron chi connectivity index (χ0n) is 18.9. The normalized spacial score (nSPS) is 16.7. The van der Waals surface area contributed by atoms with Gasteiger partial charge in [0.15, 0.2) is 17.6 Å². The number of anilines is 1. The van der Waals surface area contributed by atoms with Crippen molar-refractivity contribution in [2.75, 3.05) is 30.5 Å². The number of rotatable bonds is 6. The van der Waals surface area contributed by atoms with Gasteiger partial charge in [-0.3, -0.25) is 9.10 Å². The zero-order chi connectivity index (χ0) is 23.7. The molecule has 0 aromatic heterocycles. The summed E-state index contributed by atoms with van der Waals surface area (Å²) in [6.07, 6.45) is 0.358. The number of nitrogens with zero attached hydrogens (tertiary/aromatic N) is 2. The lowest BCUT2D eigenvalue weighted by molar-refractivity contribution is 0.0475. The predicted molar refractivity (Wildman–Crippen MR) is 129 cm³/mol. The van der Waals surface area contributed by atoms with E-state index in [9.17, 15) is 13.2 Å². The van der Waals surface area contributed by atoms with Crippen molar-refractivity contribution in [1.29, 1.82) is 0 Å². The number of ether oxygens (including phenoxy) is 2. The zero-order valence-corrected chi connectivity index (χ0v) is 19.7. The molecule has 1 unspecified atom stereocenters. The van der Waals surface area contributed by atoms with Crippen LogP contribution in [0.25, 0.3) is 0 Å². The van der Waals surface area contributed by atoms with Gasteiger partial charge in [-0.15, -0.1) is 0 Å². The molecule has 0 N–H and O–H groups in total. The molecule has 0 spiro atoms. The number of para-hydroxylation sites is 3. The molecule has 34 heavy (non-hydrogen) atoms. The molecule has 8 heteroatoms. The maximum absolute atomic E-state index is 13.4. The van der Waals surface area contributed by atoms with Gasteiger partial charge < -0.3 is 14.4 Å². The Kier molecular flexibility index (Phi) is 5.91. The van der Waals surface area contributed by atoms with Gasteiger partial charge in [-0.25, -0.2) is 8.42 Å². The number of benzene rings is 3. The third kappa shape index (κ3) is 4.09. The number of hydrogen-bond donors (Lipinski definition) is 0. The molecule has 0 saturated carbocycles. The number of carbonyl (C=O) groups excluding carboxylic acids is 1. The number of carbonyl (C=O) groups is 1. The van der Waals surface area contributed by atoms with Crippen LogP contribution in [-0.2, 0) is 16.4 Å². The second-order valence-corrected chi connectivity index (χ2v) is 10.2. The van der Waals surface area contributed by atoms with Crippen LogP contribution < -0.4 is 13.8 Å². The third-order valence-corrected chi connectivity index (χ3v) is 7.98. The average Bonchev–Trinajstić information content (AvgIpc) is 3.32. The van der Waals surface area contributed by atoms with Gasteiger partial charge in [0.05, 0.1) is 17.1 Å². The van der Waals surface area contributed by atoms with Crippen molar-refractivity contribution in [2.45, 2.75) is 24.3 Å². The Balaban J connectivity index is 1.35. The molecule has 2 aliphatic heterocycles. The smallest absolute Gasteiger partial charge is 0.264 e. The first-order valence-corrected chi connectivity index (χ1v) is 12.8. The minimum absolute atomic E-state index is 0.109. The van der Waals surface area contributed by atoms with Gasteiger partial charge in [0.1, 0.15) is 6.61 Å². The molecular formula is C26H26N2O5S. The Morgan fingerprint density at radius 1 is 1.03 bits per heavy atom. The van der Waals surface area contributed by atoms with Crippen LogP contribution in [0.15, 0.2) is 77.7 Å². The third-order valence-electron chi connectivity index (χ3n) is 6.17. The first-order valence-electron chi connectivity index (χ1n) is 11.4. The monoisotopic (exact) mass is 478 g/mol. The van der Waals surface area contributed by atoms with E-state index in [0.717, 1.165) is 5.56 Å². The molecule has 0 radical (unpaired) electrons. The van der Waals surface area contributed by atoms with E-state index in [2.05, 4.69) is 0 Å². The Hall–Kier alpha value is -3.52. The molecule has 2 aliphatic rings. The summed E-state index contributed by atoms with van der Waals surface area (Å²) >= 11 is 0. The van der Waals surface area contributed by atoms with Crippen LogP contribution in [0.1, 0.15) is 22.8 Å². The van der Waals surface area contributed by atoms with Crippen LogP contribution in [0.4, 0.5) is 5.69 Å². The maximum Gasteiger partial charge on any atom is 0.264 e. The fourth-order valence-electron chi connectivity index (χ4n) is 4.41. The van der Waals surface area contributed by atoms with Gasteiger partial charge in [0, 0.05) is 18.7 Å². The fraction of sp³-hybridized carbons (Fsp3) is 0.269. The van der Waals surface area contributed by atoms with Crippen LogP contribution in [0, 0.1) is 0 Å². The van der Waals surface area contributed by atoms with E-state index in [-0.39, 0.29) is 16.9 Å². The topological polar surface area (TPSA) is 76.1 Å². The van der Waals surface area contributed by atoms with Gasteiger partial charge in [0.25, 0.3) is 15.9 Å². The highest BCUT2D eigenvalue weighted by Crippen LogP contribution is 2.33. The van der Waals surface area contributed by atoms with E-state index in [1.807, 2.05) is 55.5 Å². The summed E-state index contributed by atoms with van der Waals surface area (Å²) < 4.78 is 40.0. The van der Waals surface area contributed by atoms with Crippen LogP contribution >= 0.6 is 0 Å². The molecule has 1 amide bonds. The highest BCUT2D eigenvalue weighted by atomic mass is 32.2. The Labute approximate surface area is 199 Å². The number of sulfonamides is 1. The van der Waals surface area contributed by atoms with Crippen molar-refractivity contribution in [3.8, 4) is 11.5 Å². The lowest BCUT2D eigenvalue weighted by Crippen LogP contribution is -2.43. The van der Waals surface area contributed by atoms with Crippen molar-refractivity contribution in [3.05, 3.63) is 83.9 Å². The van der Waals surface area contributed by atoms with E-state index in [1.54, 1.807) is 23.1 Å². The molecule has 0 saturated heterocycles. The average molecular weight is 479 g/mol. The number of fused-ring (bicyclic) bond motifs is 2. The molecule has 2 heterocycles. The molecule has 5 rings (SSSR count). The summed E-state index contributed by atoms with van der Waals surface area (Å²) in [5.74, 6) is 1.10. The van der Waals surface area contributed by atoms with Gasteiger partial charge in [-0.05, 0) is 55.3 Å². The first-order chi connectivity index (χ1) is 16.5. The van der Waals surface area contributed by atoms with E-state index < -0.39 is 10.0 Å². The second kappa shape index (κ2) is 9.02. The van der Waals surface area contributed by atoms with Crippen molar-refractivity contribution in [3.63, 3.8) is 0 Å². The molecule has 0 fully saturated rings. The standard InChI is InChI=1S/C26H26N2O5S/c1-2-27(17-21-18-32-24-12-5-6-13-25(24)33-21)26(29)20-9-7-10-22(16-20)34(30,31)28-15-14-19-8-3-4-11-23(19)28/h3-13,16,21H,2,14-15,17-18H2,1H3. The van der Waals surface area contributed by atoms with Gasteiger partial charge in [-0.1, -0.05) is 36.4 Å². The quantitative estimate of drug-likeness (QED) is 0.540. The summed E-state index contributed by atoms with van der Waals surface area (Å²) in [7, 11) is -3.78. The molecule has 7 nitrogen and oxygen atoms in total. The lowest BCUT2D eigenvalue weighted by Gasteiger charge is -2.31. The van der Waals surface area contributed by atoms with Crippen LogP contribution in [0.5, 0.6) is 11.5 Å². The van der Waals surface area contributed by atoms with E-state index in [0.29, 0.717) is 55.4 Å². The summed E-state index contributed by atoms with van der Waals surface area (Å²) in [6.45, 7) is 3.40. The van der Waals surface area contributed by atoms with E-state index in [1.165, 1.54) is 10.4 Å². The molecule has 3 aromatic rings. The molecule has 1 atom stereocenters. The van der Waals surface area contributed by atoms with Crippen LogP contribution in [-0.4, -0.2) is 51.6 Å². The number of likely N-dealkylation sites (N-methyl/N-ethyl adjacent to an activating group) is 1. The maximum atomic E-state index is 13.4. The Bertz CT molecular complexity index is 1320. The lowest BCUT2D eigenvalue weighted by atomic mass is 10.2. The minimum atomic E-state index is -3.78. The highest BCUT2D eigenvalue weighted by Gasteiger charge is 2.31. The molecule has 176 valence electrons. The molecular weight excluding hydrogens is 452 g/mol. The van der Waals surface area contributed by atoms with Crippen molar-refractivity contribution >= 4 is 21.6 Å². The van der Waals surface area contributed by atoms with E-state index >= 15 is 0 Å². The Morgan fingerprint density at radius 3 is 2.62 bits per heavy atom. The van der Waals surface area contributed by atoms with Crippen molar-refractivity contribution < 1.29 is 22.7 Å². The van der Waals surface area contributed by atoms with Crippen molar-refractivity contribution in [2.24, 2.45) is 0 Å². The van der Waals surface area contributed by atoms with Crippen LogP contribution in [0.3, 0.4) is 0 Å². The summed E-state index contributed by atoms with van der Waals surface area (Å²) in [5, 5.41) is 0. The predicted octanol–water partition coefficient (Wildman–Crippen LogP) is 3.74. The molecule has 3 aromatic carbocycles. The first kappa shape index (κ1) is 22.3. The fourth-order valence-corrected chi connectivity index (χ4v) is 5.96. The van der Waals surface area contributed by atoms with Crippen LogP contribution in [0.2, 0.25) is 0 Å². The van der Waals surface area contributed by atoms with Gasteiger partial charge >= 0.3 is 0 Å². The summed E-state index contributed by atoms with van der Waals surface area (Å²) in [6, 6.07) is 21.2. The van der Waals surface area contributed by atoms with Crippen molar-refractivity contribution in [1.82, 2.24) is 4.90 Å². The largest absolute Gasteiger partial charge is 0.486 e. The highest BCUT2D eigenvalue weighted by molar-refractivity contribution is 7.92. The Morgan fingerprint density at radius 2 is 1.79 bits per heavy atom. The number of hydrogen-bond acceptors (Lipinski definition) is 5. The van der Waals surface area contributed by atoms with Gasteiger partial charge in [0.2, 0.25) is 0 Å². The van der Waals surface area contributed by atoms with Gasteiger partial charge in [-0.2, -0.15) is 0 Å². The second-order valence-electron chi connectivity index (χ2n) is 8.33. The molecule has 0 bridgehead atoms. The number of amides is 1. The minimum Gasteiger partial charge on any atom is -0.486 e. The SMILES string of the molecule is CCN(CC1COc2ccccc2O1)C(=O)c1cccc(S(=O)(=O)N2CCc3ccccc32)c1. The van der Waals surface area contributed by atoms with E-state index in [4.69, 9.17) is 9.47 Å². The summed E-state index contributed by atoms with van der Waals surface area (Å²) in [5.41, 5.74) is 2.03.